The van der Waals surface area contributed by atoms with Crippen LogP contribution in [0.5, 0.6) is 23.0 Å². The summed E-state index contributed by atoms with van der Waals surface area (Å²) in [6.45, 7) is 3.57. The van der Waals surface area contributed by atoms with Crippen molar-refractivity contribution in [2.75, 3.05) is 51.2 Å². The molecule has 6 aromatic rings. The van der Waals surface area contributed by atoms with Gasteiger partial charge in [-0.25, -0.2) is 9.59 Å². The minimum Gasteiger partial charge on any atom is -0.496 e. The van der Waals surface area contributed by atoms with E-state index in [2.05, 4.69) is 53.6 Å². The first-order valence-corrected chi connectivity index (χ1v) is 29.9. The third kappa shape index (κ3) is 24.9. The second-order valence-corrected chi connectivity index (χ2v) is 20.9. The number of amides is 10. The number of carbonyl (C=O) groups excluding carboxylic acids is 10. The van der Waals surface area contributed by atoms with Gasteiger partial charge < -0.3 is 60.3 Å². The normalized spacial score (nSPS) is 11.2. The third-order valence-corrected chi connectivity index (χ3v) is 13.7. The molecular weight excluding hydrogens is 1190 g/mol. The van der Waals surface area contributed by atoms with Crippen molar-refractivity contribution in [3.63, 3.8) is 0 Å². The summed E-state index contributed by atoms with van der Waals surface area (Å²) in [4.78, 5) is 128. The van der Waals surface area contributed by atoms with E-state index in [1.54, 1.807) is 24.3 Å². The molecule has 0 aromatic heterocycles. The number of anilines is 2. The van der Waals surface area contributed by atoms with Gasteiger partial charge in [-0.05, 0) is 134 Å². The first-order valence-electron chi connectivity index (χ1n) is 29.9. The monoisotopic (exact) mass is 1270 g/mol. The van der Waals surface area contributed by atoms with Gasteiger partial charge in [-0.1, -0.05) is 72.8 Å². The molecule has 10 amide bonds. The zero-order chi connectivity index (χ0) is 66.0. The van der Waals surface area contributed by atoms with Crippen LogP contribution in [0, 0.1) is 0 Å². The number of alkyl carbamates (subject to hydrolysis) is 2. The molecule has 0 radical (unpaired) electrons. The second kappa shape index (κ2) is 37.8. The van der Waals surface area contributed by atoms with E-state index in [4.69, 9.17) is 28.4 Å². The highest BCUT2D eigenvalue weighted by atomic mass is 16.6. The van der Waals surface area contributed by atoms with E-state index in [1.807, 2.05) is 84.9 Å². The minimum absolute atomic E-state index is 0.0184. The number of ether oxygens (including phenoxy) is 6. The molecule has 0 bridgehead atoms. The van der Waals surface area contributed by atoms with Crippen molar-refractivity contribution in [1.82, 2.24) is 43.0 Å². The van der Waals surface area contributed by atoms with E-state index in [1.165, 1.54) is 52.3 Å². The summed E-state index contributed by atoms with van der Waals surface area (Å²) >= 11 is 0. The molecule has 6 aromatic carbocycles. The molecular formula is C66H78N10O16. The van der Waals surface area contributed by atoms with Gasteiger partial charge in [0, 0.05) is 51.2 Å². The highest BCUT2D eigenvalue weighted by Crippen LogP contribution is 2.27. The Morgan fingerprint density at radius 3 is 1.24 bits per heavy atom. The Morgan fingerprint density at radius 1 is 0.435 bits per heavy atom. The molecule has 2 atom stereocenters. The number of nitrogens with one attached hydrogen (secondary N) is 10. The summed E-state index contributed by atoms with van der Waals surface area (Å²) in [6.07, 6.45) is 1.22. The number of rotatable bonds is 34. The number of hydrazine groups is 2. The van der Waals surface area contributed by atoms with Crippen LogP contribution in [0.4, 0.5) is 21.0 Å². The van der Waals surface area contributed by atoms with E-state index in [9.17, 15) is 47.9 Å². The van der Waals surface area contributed by atoms with Gasteiger partial charge in [0.25, 0.3) is 23.6 Å². The topological polar surface area (TPSA) is 346 Å². The van der Waals surface area contributed by atoms with E-state index in [-0.39, 0.29) is 112 Å². The van der Waals surface area contributed by atoms with Crippen molar-refractivity contribution in [3.8, 4) is 23.0 Å². The summed E-state index contributed by atoms with van der Waals surface area (Å²) in [5, 5.41) is 17.7. The Morgan fingerprint density at radius 2 is 0.848 bits per heavy atom. The van der Waals surface area contributed by atoms with Gasteiger partial charge in [0.15, 0.2) is 0 Å². The van der Waals surface area contributed by atoms with E-state index >= 15 is 0 Å². The predicted molar refractivity (Wildman–Crippen MR) is 340 cm³/mol. The zero-order valence-electron chi connectivity index (χ0n) is 51.7. The van der Waals surface area contributed by atoms with Crippen LogP contribution in [0.25, 0.3) is 10.8 Å². The average Bonchev–Trinajstić information content (AvgIpc) is 0.949. The predicted octanol–water partition coefficient (Wildman–Crippen LogP) is 7.18. The lowest BCUT2D eigenvalue weighted by molar-refractivity contribution is -0.129. The number of unbranched alkanes of at least 4 members (excludes halogenated alkanes) is 2. The lowest BCUT2D eigenvalue weighted by atomic mass is 10.1. The molecule has 0 heterocycles. The molecule has 0 aliphatic carbocycles. The van der Waals surface area contributed by atoms with Gasteiger partial charge in [0.1, 0.15) is 48.3 Å². The van der Waals surface area contributed by atoms with Crippen LogP contribution < -0.4 is 72.6 Å². The maximum absolute atomic E-state index is 13.6. The number of fused-ring (bicyclic) bond motifs is 1. The largest absolute Gasteiger partial charge is 0.496 e. The first kappa shape index (κ1) is 70.2. The molecule has 488 valence electrons. The zero-order valence-corrected chi connectivity index (χ0v) is 51.7. The van der Waals surface area contributed by atoms with Crippen molar-refractivity contribution >= 4 is 81.6 Å². The smallest absolute Gasteiger partial charge is 0.407 e. The van der Waals surface area contributed by atoms with Crippen LogP contribution in [-0.2, 0) is 51.5 Å². The number of hydrogen-bond acceptors (Lipinski definition) is 16. The Hall–Kier alpha value is -10.9. The van der Waals surface area contributed by atoms with Crippen LogP contribution in [-0.4, -0.2) is 112 Å². The molecule has 0 saturated heterocycles. The molecule has 92 heavy (non-hydrogen) atoms. The fourth-order valence-corrected chi connectivity index (χ4v) is 9.05. The Labute approximate surface area is 532 Å². The van der Waals surface area contributed by atoms with Crippen molar-refractivity contribution in [2.45, 2.75) is 103 Å². The van der Waals surface area contributed by atoms with Gasteiger partial charge >= 0.3 is 12.2 Å². The molecule has 0 spiro atoms. The summed E-state index contributed by atoms with van der Waals surface area (Å²) in [5.74, 6) is -3.15. The molecule has 6 rings (SSSR count). The van der Waals surface area contributed by atoms with Crippen LogP contribution >= 0.6 is 0 Å². The van der Waals surface area contributed by atoms with Crippen molar-refractivity contribution < 1.29 is 76.4 Å². The van der Waals surface area contributed by atoms with Gasteiger partial charge in [0.05, 0.1) is 38.6 Å². The highest BCUT2D eigenvalue weighted by Gasteiger charge is 2.25. The first-order chi connectivity index (χ1) is 44.5. The van der Waals surface area contributed by atoms with Gasteiger partial charge in [0.2, 0.25) is 23.6 Å². The van der Waals surface area contributed by atoms with E-state index < -0.39 is 59.7 Å². The molecule has 10 N–H and O–H groups in total. The maximum atomic E-state index is 13.6. The molecule has 0 saturated carbocycles. The lowest BCUT2D eigenvalue weighted by Gasteiger charge is -2.19. The van der Waals surface area contributed by atoms with E-state index in [0.717, 1.165) is 21.9 Å². The van der Waals surface area contributed by atoms with Crippen molar-refractivity contribution in [3.05, 3.63) is 156 Å². The fraction of sp³-hybridized carbons (Fsp3) is 0.333. The Kier molecular flexibility index (Phi) is 28.8. The van der Waals surface area contributed by atoms with Gasteiger partial charge in [-0.3, -0.25) is 60.1 Å². The van der Waals surface area contributed by atoms with E-state index in [0.29, 0.717) is 48.6 Å². The Bertz CT molecular complexity index is 3260. The minimum atomic E-state index is -1.09. The molecule has 26 heteroatoms. The average molecular weight is 1270 g/mol. The van der Waals surface area contributed by atoms with Crippen molar-refractivity contribution in [1.29, 1.82) is 0 Å². The maximum Gasteiger partial charge on any atom is 0.407 e. The summed E-state index contributed by atoms with van der Waals surface area (Å²) in [7, 11) is 2.73. The summed E-state index contributed by atoms with van der Waals surface area (Å²) in [6, 6.07) is 36.0. The molecule has 0 fully saturated rings. The lowest BCUT2D eigenvalue weighted by Crippen LogP contribution is -2.52. The van der Waals surface area contributed by atoms with Gasteiger partial charge in [-0.15, -0.1) is 0 Å². The van der Waals surface area contributed by atoms with Crippen LogP contribution in [0.1, 0.15) is 110 Å². The number of hydrogen-bond donors (Lipinski definition) is 10. The molecule has 0 aliphatic rings. The van der Waals surface area contributed by atoms with Crippen molar-refractivity contribution in [2.24, 2.45) is 0 Å². The fourth-order valence-electron chi connectivity index (χ4n) is 9.05. The van der Waals surface area contributed by atoms with Crippen LogP contribution in [0.2, 0.25) is 0 Å². The number of methoxy groups -OCH3 is 2. The third-order valence-electron chi connectivity index (χ3n) is 13.7. The quantitative estimate of drug-likeness (QED) is 0.0141. The summed E-state index contributed by atoms with van der Waals surface area (Å²) < 4.78 is 33.2. The SMILES string of the molecule is COc1ccc(NC(C)=O)cc1C(=O)NNC(=O)[C@H](CCCCNC(=O)OCc1ccccc1)NC(=O)CCCOc1ccc2ccc(OCCCC(=O)N[C@H](CCCCNC(=O)OCc3ccccc3)C(=O)NNC(=O)c3cc(NC(C)=O)ccc3OC)cc2c1. The van der Waals surface area contributed by atoms with Crippen LogP contribution in [0.15, 0.2) is 133 Å². The molecule has 26 nitrogen and oxygen atoms in total. The standard InChI is InChI=1S/C66H78N10O16/c1-43(77)69-49-27-31-57(87-3)53(39-49)61(81)73-75-63(83)55(21-11-13-33-67-65(85)91-41-45-17-7-5-8-18-45)71-59(79)23-15-35-89-51-29-25-47-26-30-52(38-48(47)37-51)90-36-16-24-60(80)72-56(22-12-14-34-68-66(86)92-42-46-19-9-6-10-20-46)64(84)76-74-62(82)54-40-50(70-44(2)78)28-32-58(54)88-4/h5-10,17-20,25-32,37-40,55-56H,11-16,21-24,33-36,41-42H2,1-4H3,(H,67,85)(H,68,86)(H,69,77)(H,70,78)(H,71,79)(H,72,80)(H,73,81)(H,74,82)(H,75,83)(H,76,84)/t55-,56+. The molecule has 0 unspecified atom stereocenters. The summed E-state index contributed by atoms with van der Waals surface area (Å²) in [5.41, 5.74) is 11.8. The second-order valence-electron chi connectivity index (χ2n) is 20.9. The Balaban J connectivity index is 0.967. The number of benzene rings is 6. The van der Waals surface area contributed by atoms with Gasteiger partial charge in [-0.2, -0.15) is 0 Å². The van der Waals surface area contributed by atoms with Crippen LogP contribution in [0.3, 0.4) is 0 Å². The number of carbonyl (C=O) groups is 10. The molecule has 0 aliphatic heterocycles. The highest BCUT2D eigenvalue weighted by molar-refractivity contribution is 6.02.